The van der Waals surface area contributed by atoms with Gasteiger partial charge in [0.1, 0.15) is 0 Å². The van der Waals surface area contributed by atoms with E-state index in [9.17, 15) is 9.59 Å². The van der Waals surface area contributed by atoms with Gasteiger partial charge in [0.25, 0.3) is 0 Å². The molecular formula is C15H30N2O3. The molecule has 1 atom stereocenters. The Hall–Kier alpha value is -1.26. The molecule has 0 aromatic rings. The molecule has 0 spiro atoms. The van der Waals surface area contributed by atoms with Gasteiger partial charge in [-0.15, -0.1) is 0 Å². The molecule has 0 aromatic heterocycles. The normalized spacial score (nSPS) is 12.8. The molecule has 2 N–H and O–H groups in total. The average molecular weight is 286 g/mol. The highest BCUT2D eigenvalue weighted by molar-refractivity contribution is 5.76. The molecule has 0 rings (SSSR count). The average Bonchev–Trinajstić information content (AvgIpc) is 2.25. The van der Waals surface area contributed by atoms with Gasteiger partial charge < -0.3 is 15.3 Å². The molecule has 0 aromatic carbocycles. The number of nitrogens with one attached hydrogen (secondary N) is 1. The first kappa shape index (κ1) is 18.7. The van der Waals surface area contributed by atoms with Crippen LogP contribution in [0, 0.1) is 5.41 Å². The maximum absolute atomic E-state index is 12.2. The van der Waals surface area contributed by atoms with Gasteiger partial charge in [0, 0.05) is 19.1 Å². The molecule has 0 bridgehead atoms. The lowest BCUT2D eigenvalue weighted by Crippen LogP contribution is -2.47. The van der Waals surface area contributed by atoms with Gasteiger partial charge in [-0.1, -0.05) is 34.6 Å². The number of amides is 2. The highest BCUT2D eigenvalue weighted by atomic mass is 16.4. The number of carbonyl (C=O) groups excluding carboxylic acids is 1. The monoisotopic (exact) mass is 286 g/mol. The zero-order valence-electron chi connectivity index (χ0n) is 13.5. The van der Waals surface area contributed by atoms with Crippen LogP contribution in [-0.2, 0) is 4.79 Å². The Morgan fingerprint density at radius 3 is 2.00 bits per heavy atom. The fourth-order valence-corrected chi connectivity index (χ4v) is 2.24. The van der Waals surface area contributed by atoms with Gasteiger partial charge in [0.05, 0.1) is 6.42 Å². The molecule has 0 saturated carbocycles. The van der Waals surface area contributed by atoms with E-state index in [2.05, 4.69) is 5.32 Å². The number of carboxylic acid groups (broad SMARTS) is 1. The third kappa shape index (κ3) is 8.77. The van der Waals surface area contributed by atoms with Gasteiger partial charge >= 0.3 is 12.0 Å². The Kier molecular flexibility index (Phi) is 8.26. The second-order valence-electron chi connectivity index (χ2n) is 6.50. The van der Waals surface area contributed by atoms with Gasteiger partial charge in [0.15, 0.2) is 0 Å². The summed E-state index contributed by atoms with van der Waals surface area (Å²) in [5.41, 5.74) is -0.0201. The predicted molar refractivity (Wildman–Crippen MR) is 80.8 cm³/mol. The van der Waals surface area contributed by atoms with E-state index in [4.69, 9.17) is 5.11 Å². The number of carboxylic acids is 1. The Balaban J connectivity index is 4.67. The molecule has 20 heavy (non-hydrogen) atoms. The SMILES string of the molecule is CCCN(CCC)C(=O)NC(CC(=O)O)CC(C)(C)C. The zero-order chi connectivity index (χ0) is 15.8. The van der Waals surface area contributed by atoms with Gasteiger partial charge in [-0.25, -0.2) is 4.79 Å². The van der Waals surface area contributed by atoms with E-state index in [1.807, 2.05) is 34.6 Å². The molecule has 0 aliphatic carbocycles. The summed E-state index contributed by atoms with van der Waals surface area (Å²) in [5, 5.41) is 11.9. The number of urea groups is 1. The minimum absolute atomic E-state index is 0.0201. The number of aliphatic carboxylic acids is 1. The number of carbonyl (C=O) groups is 2. The van der Waals surface area contributed by atoms with E-state index in [0.717, 1.165) is 12.8 Å². The molecule has 0 aliphatic heterocycles. The van der Waals surface area contributed by atoms with Crippen molar-refractivity contribution >= 4 is 12.0 Å². The summed E-state index contributed by atoms with van der Waals surface area (Å²) in [6, 6.07) is -0.472. The van der Waals surface area contributed by atoms with E-state index < -0.39 is 5.97 Å². The molecule has 5 nitrogen and oxygen atoms in total. The summed E-state index contributed by atoms with van der Waals surface area (Å²) >= 11 is 0. The minimum Gasteiger partial charge on any atom is -0.481 e. The van der Waals surface area contributed by atoms with Crippen LogP contribution in [0.15, 0.2) is 0 Å². The number of rotatable bonds is 8. The fraction of sp³-hybridized carbons (Fsp3) is 0.867. The van der Waals surface area contributed by atoms with Crippen LogP contribution in [-0.4, -0.2) is 41.1 Å². The van der Waals surface area contributed by atoms with Crippen molar-refractivity contribution in [2.24, 2.45) is 5.41 Å². The van der Waals surface area contributed by atoms with Crippen LogP contribution in [0.2, 0.25) is 0 Å². The third-order valence-electron chi connectivity index (χ3n) is 2.88. The second-order valence-corrected chi connectivity index (χ2v) is 6.50. The van der Waals surface area contributed by atoms with Crippen LogP contribution < -0.4 is 5.32 Å². The molecule has 1 unspecified atom stereocenters. The molecule has 0 radical (unpaired) electrons. The van der Waals surface area contributed by atoms with Gasteiger partial charge in [0.2, 0.25) is 0 Å². The summed E-state index contributed by atoms with van der Waals surface area (Å²) in [6.07, 6.45) is 2.42. The molecule has 0 fully saturated rings. The molecular weight excluding hydrogens is 256 g/mol. The smallest absolute Gasteiger partial charge is 0.317 e. The van der Waals surface area contributed by atoms with Crippen molar-refractivity contribution in [2.75, 3.05) is 13.1 Å². The van der Waals surface area contributed by atoms with Gasteiger partial charge in [-0.05, 0) is 24.7 Å². The predicted octanol–water partition coefficient (Wildman–Crippen LogP) is 3.10. The van der Waals surface area contributed by atoms with Crippen LogP contribution in [0.4, 0.5) is 4.79 Å². The first-order chi connectivity index (χ1) is 9.19. The van der Waals surface area contributed by atoms with Gasteiger partial charge in [-0.3, -0.25) is 4.79 Å². The molecule has 2 amide bonds. The Morgan fingerprint density at radius 1 is 1.15 bits per heavy atom. The van der Waals surface area contributed by atoms with Crippen molar-refractivity contribution in [1.82, 2.24) is 10.2 Å². The van der Waals surface area contributed by atoms with E-state index >= 15 is 0 Å². The maximum Gasteiger partial charge on any atom is 0.317 e. The topological polar surface area (TPSA) is 69.6 Å². The molecule has 118 valence electrons. The minimum atomic E-state index is -0.878. The Bertz CT molecular complexity index is 305. The summed E-state index contributed by atoms with van der Waals surface area (Å²) in [6.45, 7) is 11.6. The summed E-state index contributed by atoms with van der Waals surface area (Å²) < 4.78 is 0. The van der Waals surface area contributed by atoms with Crippen molar-refractivity contribution < 1.29 is 14.7 Å². The molecule has 0 heterocycles. The van der Waals surface area contributed by atoms with Crippen molar-refractivity contribution in [3.63, 3.8) is 0 Å². The van der Waals surface area contributed by atoms with Crippen molar-refractivity contribution in [3.8, 4) is 0 Å². The largest absolute Gasteiger partial charge is 0.481 e. The molecule has 0 aliphatic rings. The quantitative estimate of drug-likeness (QED) is 0.720. The number of nitrogens with zero attached hydrogens (tertiary/aromatic N) is 1. The number of hydrogen-bond acceptors (Lipinski definition) is 2. The van der Waals surface area contributed by atoms with Crippen LogP contribution in [0.25, 0.3) is 0 Å². The lowest BCUT2D eigenvalue weighted by molar-refractivity contribution is -0.137. The summed E-state index contributed by atoms with van der Waals surface area (Å²) in [4.78, 5) is 24.9. The lowest BCUT2D eigenvalue weighted by atomic mass is 9.87. The van der Waals surface area contributed by atoms with Crippen LogP contribution in [0.3, 0.4) is 0 Å². The van der Waals surface area contributed by atoms with Crippen LogP contribution in [0.5, 0.6) is 0 Å². The van der Waals surface area contributed by atoms with E-state index in [1.165, 1.54) is 0 Å². The van der Waals surface area contributed by atoms with Crippen LogP contribution >= 0.6 is 0 Å². The third-order valence-corrected chi connectivity index (χ3v) is 2.88. The first-order valence-electron chi connectivity index (χ1n) is 7.46. The highest BCUT2D eigenvalue weighted by Gasteiger charge is 2.24. The maximum atomic E-state index is 12.2. The van der Waals surface area contributed by atoms with E-state index in [0.29, 0.717) is 19.5 Å². The van der Waals surface area contributed by atoms with Gasteiger partial charge in [-0.2, -0.15) is 0 Å². The summed E-state index contributed by atoms with van der Waals surface area (Å²) in [7, 11) is 0. The zero-order valence-corrected chi connectivity index (χ0v) is 13.5. The van der Waals surface area contributed by atoms with E-state index in [1.54, 1.807) is 4.90 Å². The first-order valence-corrected chi connectivity index (χ1v) is 7.46. The Morgan fingerprint density at radius 2 is 1.65 bits per heavy atom. The highest BCUT2D eigenvalue weighted by Crippen LogP contribution is 2.22. The van der Waals surface area contributed by atoms with E-state index in [-0.39, 0.29) is 23.9 Å². The fourth-order valence-electron chi connectivity index (χ4n) is 2.24. The van der Waals surface area contributed by atoms with Crippen LogP contribution in [0.1, 0.15) is 60.3 Å². The number of hydrogen-bond donors (Lipinski definition) is 2. The van der Waals surface area contributed by atoms with Crippen molar-refractivity contribution in [1.29, 1.82) is 0 Å². The standard InChI is InChI=1S/C15H30N2O3/c1-6-8-17(9-7-2)14(20)16-12(10-13(18)19)11-15(3,4)5/h12H,6-11H2,1-5H3,(H,16,20)(H,18,19). The molecule has 0 saturated heterocycles. The summed E-state index contributed by atoms with van der Waals surface area (Å²) in [5.74, 6) is -0.878. The Labute approximate surface area is 122 Å². The lowest BCUT2D eigenvalue weighted by Gasteiger charge is -2.29. The second kappa shape index (κ2) is 8.82. The molecule has 5 heteroatoms. The van der Waals surface area contributed by atoms with Crippen molar-refractivity contribution in [3.05, 3.63) is 0 Å². The van der Waals surface area contributed by atoms with Crippen molar-refractivity contribution in [2.45, 2.75) is 66.3 Å².